The van der Waals surface area contributed by atoms with Crippen LogP contribution in [0.25, 0.3) is 0 Å². The summed E-state index contributed by atoms with van der Waals surface area (Å²) in [5.41, 5.74) is 0.0996. The van der Waals surface area contributed by atoms with Crippen LogP contribution in [0.15, 0.2) is 23.4 Å². The number of carbonyl (C=O) groups is 1. The van der Waals surface area contributed by atoms with E-state index < -0.39 is 17.5 Å². The zero-order valence-corrected chi connectivity index (χ0v) is 9.40. The second kappa shape index (κ2) is 6.18. The number of nitro benzene ring substituents is 1. The number of aliphatic carboxylic acids is 1. The molecule has 0 spiro atoms. The van der Waals surface area contributed by atoms with Gasteiger partial charge in [-0.05, 0) is 6.07 Å². The Kier molecular flexibility index (Phi) is 4.61. The minimum atomic E-state index is -1.15. The van der Waals surface area contributed by atoms with Gasteiger partial charge in [-0.3, -0.25) is 10.1 Å². The molecular formula is C10H10N2O6. The van der Waals surface area contributed by atoms with E-state index in [1.165, 1.54) is 31.5 Å². The van der Waals surface area contributed by atoms with Gasteiger partial charge in [0.2, 0.25) is 0 Å². The predicted molar refractivity (Wildman–Crippen MR) is 60.8 cm³/mol. The second-order valence-electron chi connectivity index (χ2n) is 3.08. The molecule has 1 N–H and O–H groups in total. The van der Waals surface area contributed by atoms with Crippen LogP contribution in [0, 0.1) is 10.1 Å². The number of nitro groups is 1. The van der Waals surface area contributed by atoms with Gasteiger partial charge in [-0.25, -0.2) is 4.79 Å². The van der Waals surface area contributed by atoms with E-state index in [2.05, 4.69) is 9.99 Å². The van der Waals surface area contributed by atoms with E-state index >= 15 is 0 Å². The quantitative estimate of drug-likeness (QED) is 0.461. The largest absolute Gasteiger partial charge is 0.481 e. The number of rotatable bonds is 6. The Labute approximate surface area is 102 Å². The number of hydrogen-bond acceptors (Lipinski definition) is 6. The summed E-state index contributed by atoms with van der Waals surface area (Å²) in [6, 6.07) is 3.72. The molecule has 0 saturated heterocycles. The third kappa shape index (κ3) is 3.74. The summed E-state index contributed by atoms with van der Waals surface area (Å²) in [6.07, 6.45) is 1.20. The fourth-order valence-corrected chi connectivity index (χ4v) is 1.13. The number of ether oxygens (including phenoxy) is 1. The maximum atomic E-state index is 10.6. The molecule has 0 aliphatic heterocycles. The van der Waals surface area contributed by atoms with Gasteiger partial charge in [-0.15, -0.1) is 0 Å². The maximum Gasteiger partial charge on any atom is 0.341 e. The van der Waals surface area contributed by atoms with Crippen molar-refractivity contribution in [3.8, 4) is 5.75 Å². The first-order valence-corrected chi connectivity index (χ1v) is 4.74. The molecular weight excluding hydrogens is 244 g/mol. The molecule has 96 valence electrons. The van der Waals surface area contributed by atoms with E-state index in [0.717, 1.165) is 0 Å². The number of benzene rings is 1. The van der Waals surface area contributed by atoms with E-state index in [0.29, 0.717) is 0 Å². The minimum absolute atomic E-state index is 0.157. The van der Waals surface area contributed by atoms with Crippen LogP contribution in [-0.4, -0.2) is 35.9 Å². The van der Waals surface area contributed by atoms with Crippen LogP contribution < -0.4 is 4.74 Å². The minimum Gasteiger partial charge on any atom is -0.481 e. The molecule has 0 fully saturated rings. The Balaban J connectivity index is 3.04. The highest BCUT2D eigenvalue weighted by atomic mass is 16.6. The fourth-order valence-electron chi connectivity index (χ4n) is 1.13. The van der Waals surface area contributed by atoms with Gasteiger partial charge in [0.15, 0.2) is 6.61 Å². The average Bonchev–Trinajstić information content (AvgIpc) is 2.33. The molecule has 0 bridgehead atoms. The van der Waals surface area contributed by atoms with Gasteiger partial charge in [-0.2, -0.15) is 0 Å². The smallest absolute Gasteiger partial charge is 0.341 e. The van der Waals surface area contributed by atoms with Crippen molar-refractivity contribution < 1.29 is 24.4 Å². The van der Waals surface area contributed by atoms with Gasteiger partial charge in [0.05, 0.1) is 11.1 Å². The van der Waals surface area contributed by atoms with Crippen molar-refractivity contribution >= 4 is 17.9 Å². The third-order valence-electron chi connectivity index (χ3n) is 1.85. The molecule has 1 rings (SSSR count). The topological polar surface area (TPSA) is 111 Å². The summed E-state index contributed by atoms with van der Waals surface area (Å²) in [4.78, 5) is 24.9. The van der Waals surface area contributed by atoms with E-state index in [9.17, 15) is 14.9 Å². The average molecular weight is 254 g/mol. The van der Waals surface area contributed by atoms with E-state index in [1.807, 2.05) is 0 Å². The normalized spacial score (nSPS) is 10.3. The maximum absolute atomic E-state index is 10.6. The Bertz CT molecular complexity index is 485. The van der Waals surface area contributed by atoms with E-state index in [4.69, 9.17) is 9.84 Å². The third-order valence-corrected chi connectivity index (χ3v) is 1.85. The molecule has 0 atom stereocenters. The first-order valence-electron chi connectivity index (χ1n) is 4.74. The number of hydrogen-bond donors (Lipinski definition) is 1. The van der Waals surface area contributed by atoms with Crippen LogP contribution in [0.2, 0.25) is 0 Å². The first kappa shape index (κ1) is 13.4. The lowest BCUT2D eigenvalue weighted by molar-refractivity contribution is -0.384. The second-order valence-corrected chi connectivity index (χ2v) is 3.08. The molecule has 8 nitrogen and oxygen atoms in total. The summed E-state index contributed by atoms with van der Waals surface area (Å²) in [5.74, 6) is -0.980. The summed E-state index contributed by atoms with van der Waals surface area (Å²) >= 11 is 0. The Morgan fingerprint density at radius 3 is 2.89 bits per heavy atom. The van der Waals surface area contributed by atoms with Crippen molar-refractivity contribution in [2.45, 2.75) is 0 Å². The molecule has 0 heterocycles. The highest BCUT2D eigenvalue weighted by Gasteiger charge is 2.11. The van der Waals surface area contributed by atoms with Crippen LogP contribution >= 0.6 is 0 Å². The van der Waals surface area contributed by atoms with Gasteiger partial charge >= 0.3 is 5.97 Å². The number of carboxylic acids is 1. The molecule has 1 aromatic carbocycles. The molecule has 1 aromatic rings. The summed E-state index contributed by atoms with van der Waals surface area (Å²) in [5, 5.41) is 22.5. The van der Waals surface area contributed by atoms with Gasteiger partial charge in [-0.1, -0.05) is 5.16 Å². The standard InChI is InChI=1S/C10H10N2O6/c1-17-11-5-7-4-8(12(15)16)2-3-9(7)18-6-10(13)14/h2-5H,6H2,1H3,(H,13,14)/b11-5+. The van der Waals surface area contributed by atoms with Crippen molar-refractivity contribution in [1.82, 2.24) is 0 Å². The highest BCUT2D eigenvalue weighted by Crippen LogP contribution is 2.22. The monoisotopic (exact) mass is 254 g/mol. The fraction of sp³-hybridized carbons (Fsp3) is 0.200. The zero-order valence-electron chi connectivity index (χ0n) is 9.40. The molecule has 0 amide bonds. The van der Waals surface area contributed by atoms with Crippen molar-refractivity contribution in [2.24, 2.45) is 5.16 Å². The molecule has 0 unspecified atom stereocenters. The number of nitrogens with zero attached hydrogens (tertiary/aromatic N) is 2. The molecule has 0 aliphatic carbocycles. The first-order chi connectivity index (χ1) is 8.54. The lowest BCUT2D eigenvalue weighted by atomic mass is 10.2. The van der Waals surface area contributed by atoms with Gasteiger partial charge in [0, 0.05) is 17.7 Å². The number of oxime groups is 1. The van der Waals surface area contributed by atoms with E-state index in [1.54, 1.807) is 0 Å². The highest BCUT2D eigenvalue weighted by molar-refractivity contribution is 5.84. The summed E-state index contributed by atoms with van der Waals surface area (Å²) in [6.45, 7) is -0.550. The number of carboxylic acid groups (broad SMARTS) is 1. The van der Waals surface area contributed by atoms with Crippen molar-refractivity contribution in [3.63, 3.8) is 0 Å². The van der Waals surface area contributed by atoms with Crippen molar-refractivity contribution in [2.75, 3.05) is 13.7 Å². The van der Waals surface area contributed by atoms with Crippen LogP contribution in [0.5, 0.6) is 5.75 Å². The lowest BCUT2D eigenvalue weighted by Gasteiger charge is -2.06. The molecule has 0 radical (unpaired) electrons. The van der Waals surface area contributed by atoms with Crippen LogP contribution in [-0.2, 0) is 9.63 Å². The lowest BCUT2D eigenvalue weighted by Crippen LogP contribution is -2.10. The number of non-ortho nitro benzene ring substituents is 1. The Hall–Kier alpha value is -2.64. The SMILES string of the molecule is CO/N=C/c1cc([N+](=O)[O-])ccc1OCC(=O)O. The predicted octanol–water partition coefficient (Wildman–Crippen LogP) is 1.04. The van der Waals surface area contributed by atoms with Gasteiger partial charge in [0.1, 0.15) is 12.9 Å². The van der Waals surface area contributed by atoms with Crippen LogP contribution in [0.3, 0.4) is 0 Å². The Morgan fingerprint density at radius 2 is 2.33 bits per heavy atom. The van der Waals surface area contributed by atoms with Crippen molar-refractivity contribution in [1.29, 1.82) is 0 Å². The molecule has 0 saturated carbocycles. The summed E-state index contributed by atoms with van der Waals surface area (Å²) in [7, 11) is 1.31. The van der Waals surface area contributed by atoms with Crippen LogP contribution in [0.1, 0.15) is 5.56 Å². The molecule has 0 aromatic heterocycles. The zero-order chi connectivity index (χ0) is 13.5. The molecule has 18 heavy (non-hydrogen) atoms. The molecule has 8 heteroatoms. The Morgan fingerprint density at radius 1 is 1.61 bits per heavy atom. The van der Waals surface area contributed by atoms with Crippen LogP contribution in [0.4, 0.5) is 5.69 Å². The van der Waals surface area contributed by atoms with E-state index in [-0.39, 0.29) is 17.0 Å². The van der Waals surface area contributed by atoms with Gasteiger partial charge in [0.25, 0.3) is 5.69 Å². The molecule has 0 aliphatic rings. The summed E-state index contributed by atoms with van der Waals surface area (Å²) < 4.78 is 4.96. The van der Waals surface area contributed by atoms with Crippen molar-refractivity contribution in [3.05, 3.63) is 33.9 Å². The van der Waals surface area contributed by atoms with Gasteiger partial charge < -0.3 is 14.7 Å².